The van der Waals surface area contributed by atoms with Gasteiger partial charge >= 0.3 is 5.97 Å². The lowest BCUT2D eigenvalue weighted by molar-refractivity contribution is -0.133. The molecular weight excluding hydrogens is 380 g/mol. The van der Waals surface area contributed by atoms with E-state index in [-0.39, 0.29) is 12.5 Å². The number of amides is 1. The number of methoxy groups -OCH3 is 1. The van der Waals surface area contributed by atoms with Crippen LogP contribution in [0.25, 0.3) is 10.9 Å². The van der Waals surface area contributed by atoms with E-state index < -0.39 is 5.97 Å². The fraction of sp³-hybridized carbons (Fsp3) is 0.292. The lowest BCUT2D eigenvalue weighted by Crippen LogP contribution is -2.31. The Kier molecular flexibility index (Phi) is 5.65. The fourth-order valence-electron chi connectivity index (χ4n) is 3.93. The molecule has 6 heteroatoms. The normalized spacial score (nSPS) is 12.5. The molecule has 0 atom stereocenters. The lowest BCUT2D eigenvalue weighted by atomic mass is 10.0. The highest BCUT2D eigenvalue weighted by molar-refractivity contribution is 6.05. The topological polar surface area (TPSA) is 68.7 Å². The lowest BCUT2D eigenvalue weighted by Gasteiger charge is -2.19. The van der Waals surface area contributed by atoms with Crippen molar-refractivity contribution in [2.75, 3.05) is 20.8 Å². The number of para-hydroxylation sites is 2. The standard InChI is InChI=1S/C24H24N2O4/c1-26(14-16-8-3-6-13-21(16)29-2)22(27)15-30-24(28)23-17-9-4-5-11-19(17)25-20-12-7-10-18(20)23/h3-6,8-9,11,13H,7,10,12,14-15H2,1-2H3. The summed E-state index contributed by atoms with van der Waals surface area (Å²) in [7, 11) is 3.28. The first kappa shape index (κ1) is 19.9. The third-order valence-corrected chi connectivity index (χ3v) is 5.48. The van der Waals surface area contributed by atoms with Gasteiger partial charge in [-0.05, 0) is 37.0 Å². The van der Waals surface area contributed by atoms with Crippen LogP contribution < -0.4 is 4.74 Å². The predicted octanol–water partition coefficient (Wildman–Crippen LogP) is 3.55. The van der Waals surface area contributed by atoms with Crippen LogP contribution in [0, 0.1) is 0 Å². The maximum Gasteiger partial charge on any atom is 0.339 e. The summed E-state index contributed by atoms with van der Waals surface area (Å²) in [4.78, 5) is 31.8. The first-order chi connectivity index (χ1) is 14.6. The summed E-state index contributed by atoms with van der Waals surface area (Å²) in [5.41, 5.74) is 4.13. The van der Waals surface area contributed by atoms with Gasteiger partial charge in [0.05, 0.1) is 18.2 Å². The Morgan fingerprint density at radius 2 is 1.83 bits per heavy atom. The van der Waals surface area contributed by atoms with Gasteiger partial charge in [-0.2, -0.15) is 0 Å². The van der Waals surface area contributed by atoms with E-state index in [1.807, 2.05) is 48.5 Å². The molecule has 1 heterocycles. The number of pyridine rings is 1. The molecule has 0 saturated heterocycles. The minimum Gasteiger partial charge on any atom is -0.496 e. The molecule has 0 saturated carbocycles. The second-order valence-corrected chi connectivity index (χ2v) is 7.42. The van der Waals surface area contributed by atoms with Crippen molar-refractivity contribution in [1.29, 1.82) is 0 Å². The maximum absolute atomic E-state index is 13.0. The van der Waals surface area contributed by atoms with E-state index in [1.54, 1.807) is 14.2 Å². The number of carbonyl (C=O) groups is 2. The molecule has 1 aliphatic rings. The van der Waals surface area contributed by atoms with E-state index in [0.717, 1.165) is 47.0 Å². The van der Waals surface area contributed by atoms with E-state index in [0.29, 0.717) is 17.9 Å². The van der Waals surface area contributed by atoms with Crippen molar-refractivity contribution in [3.63, 3.8) is 0 Å². The van der Waals surface area contributed by atoms with Crippen LogP contribution in [0.5, 0.6) is 5.75 Å². The summed E-state index contributed by atoms with van der Waals surface area (Å²) in [6.45, 7) is 0.0594. The molecule has 0 bridgehead atoms. The summed E-state index contributed by atoms with van der Waals surface area (Å²) in [5.74, 6) is -0.0250. The Balaban J connectivity index is 1.48. The molecule has 1 aromatic heterocycles. The smallest absolute Gasteiger partial charge is 0.339 e. The SMILES string of the molecule is COc1ccccc1CN(C)C(=O)COC(=O)c1c2c(nc3ccccc13)CCC2. The van der Waals surface area contributed by atoms with Gasteiger partial charge in [-0.25, -0.2) is 4.79 Å². The third-order valence-electron chi connectivity index (χ3n) is 5.48. The van der Waals surface area contributed by atoms with Crippen LogP contribution in [0.4, 0.5) is 0 Å². The molecule has 4 rings (SSSR count). The predicted molar refractivity (Wildman–Crippen MR) is 114 cm³/mol. The van der Waals surface area contributed by atoms with Crippen molar-refractivity contribution in [3.05, 3.63) is 70.9 Å². The van der Waals surface area contributed by atoms with E-state index in [4.69, 9.17) is 14.5 Å². The molecule has 154 valence electrons. The van der Waals surface area contributed by atoms with E-state index >= 15 is 0 Å². The van der Waals surface area contributed by atoms with Gasteiger partial charge < -0.3 is 14.4 Å². The summed E-state index contributed by atoms with van der Waals surface area (Å²) in [5, 5.41) is 0.776. The summed E-state index contributed by atoms with van der Waals surface area (Å²) in [6.07, 6.45) is 2.64. The minimum absolute atomic E-state index is 0.274. The molecule has 3 aromatic rings. The Morgan fingerprint density at radius 1 is 1.07 bits per heavy atom. The average Bonchev–Trinajstić information content (AvgIpc) is 3.23. The van der Waals surface area contributed by atoms with Gasteiger partial charge in [0.25, 0.3) is 5.91 Å². The van der Waals surface area contributed by atoms with Crippen molar-refractivity contribution in [3.8, 4) is 5.75 Å². The van der Waals surface area contributed by atoms with Gasteiger partial charge in [0, 0.05) is 30.2 Å². The number of carbonyl (C=O) groups excluding carboxylic acids is 2. The molecule has 0 radical (unpaired) electrons. The highest BCUT2D eigenvalue weighted by atomic mass is 16.5. The van der Waals surface area contributed by atoms with Crippen LogP contribution in [0.15, 0.2) is 48.5 Å². The molecular formula is C24H24N2O4. The first-order valence-electron chi connectivity index (χ1n) is 10.0. The molecule has 2 aromatic carbocycles. The quantitative estimate of drug-likeness (QED) is 0.588. The van der Waals surface area contributed by atoms with Gasteiger partial charge in [0.2, 0.25) is 0 Å². The maximum atomic E-state index is 13.0. The fourth-order valence-corrected chi connectivity index (χ4v) is 3.93. The zero-order valence-electron chi connectivity index (χ0n) is 17.2. The summed E-state index contributed by atoms with van der Waals surface area (Å²) >= 11 is 0. The summed E-state index contributed by atoms with van der Waals surface area (Å²) in [6, 6.07) is 15.1. The molecule has 30 heavy (non-hydrogen) atoms. The van der Waals surface area contributed by atoms with Crippen molar-refractivity contribution in [1.82, 2.24) is 9.88 Å². The second kappa shape index (κ2) is 8.53. The van der Waals surface area contributed by atoms with Crippen molar-refractivity contribution < 1.29 is 19.1 Å². The third kappa shape index (κ3) is 3.85. The van der Waals surface area contributed by atoms with Crippen molar-refractivity contribution in [2.24, 2.45) is 0 Å². The number of nitrogens with zero attached hydrogens (tertiary/aromatic N) is 2. The first-order valence-corrected chi connectivity index (χ1v) is 10.0. The monoisotopic (exact) mass is 404 g/mol. The van der Waals surface area contributed by atoms with Crippen LogP contribution in [0.3, 0.4) is 0 Å². The molecule has 0 spiro atoms. The van der Waals surface area contributed by atoms with Crippen LogP contribution >= 0.6 is 0 Å². The van der Waals surface area contributed by atoms with Crippen molar-refractivity contribution in [2.45, 2.75) is 25.8 Å². The zero-order valence-corrected chi connectivity index (χ0v) is 17.2. The van der Waals surface area contributed by atoms with Gasteiger partial charge in [0.15, 0.2) is 6.61 Å². The van der Waals surface area contributed by atoms with Gasteiger partial charge in [-0.3, -0.25) is 9.78 Å². The van der Waals surface area contributed by atoms with Gasteiger partial charge in [-0.1, -0.05) is 36.4 Å². The van der Waals surface area contributed by atoms with Crippen LogP contribution in [0.2, 0.25) is 0 Å². The van der Waals surface area contributed by atoms with E-state index in [9.17, 15) is 9.59 Å². The number of aromatic nitrogens is 1. The van der Waals surface area contributed by atoms with Crippen LogP contribution in [0.1, 0.15) is 33.6 Å². The Morgan fingerprint density at radius 3 is 2.67 bits per heavy atom. The number of fused-ring (bicyclic) bond motifs is 2. The highest BCUT2D eigenvalue weighted by Crippen LogP contribution is 2.30. The molecule has 6 nitrogen and oxygen atoms in total. The minimum atomic E-state index is -0.467. The van der Waals surface area contributed by atoms with Crippen LogP contribution in [-0.2, 0) is 28.9 Å². The Bertz CT molecular complexity index is 1110. The van der Waals surface area contributed by atoms with Gasteiger partial charge in [-0.15, -0.1) is 0 Å². The molecule has 0 aliphatic heterocycles. The molecule has 1 aliphatic carbocycles. The van der Waals surface area contributed by atoms with Crippen LogP contribution in [-0.4, -0.2) is 42.5 Å². The number of rotatable bonds is 6. The molecule has 0 N–H and O–H groups in total. The summed E-state index contributed by atoms with van der Waals surface area (Å²) < 4.78 is 10.8. The number of hydrogen-bond donors (Lipinski definition) is 0. The Labute approximate surface area is 175 Å². The van der Waals surface area contributed by atoms with E-state index in [2.05, 4.69) is 0 Å². The largest absolute Gasteiger partial charge is 0.496 e. The number of ether oxygens (including phenoxy) is 2. The molecule has 1 amide bonds. The zero-order chi connectivity index (χ0) is 21.1. The molecule has 0 unspecified atom stereocenters. The average molecular weight is 404 g/mol. The number of aryl methyl sites for hydroxylation is 1. The highest BCUT2D eigenvalue weighted by Gasteiger charge is 2.25. The van der Waals surface area contributed by atoms with E-state index in [1.165, 1.54) is 4.90 Å². The second-order valence-electron chi connectivity index (χ2n) is 7.42. The number of benzene rings is 2. The number of esters is 1. The van der Waals surface area contributed by atoms with Crippen molar-refractivity contribution >= 4 is 22.8 Å². The molecule has 0 fully saturated rings. The number of likely N-dealkylation sites (N-methyl/N-ethyl adjacent to an activating group) is 1. The number of hydrogen-bond acceptors (Lipinski definition) is 5. The Hall–Kier alpha value is -3.41. The van der Waals surface area contributed by atoms with Gasteiger partial charge in [0.1, 0.15) is 5.75 Å².